The van der Waals surface area contributed by atoms with Crippen molar-refractivity contribution in [3.63, 3.8) is 0 Å². The van der Waals surface area contributed by atoms with Crippen LogP contribution in [0.4, 0.5) is 0 Å². The number of rotatable bonds is 5. The highest BCUT2D eigenvalue weighted by Gasteiger charge is 2.88. The lowest BCUT2D eigenvalue weighted by Gasteiger charge is -2.74. The topological polar surface area (TPSA) is 194 Å². The van der Waals surface area contributed by atoms with Gasteiger partial charge in [0.1, 0.15) is 18.0 Å². The van der Waals surface area contributed by atoms with Crippen LogP contribution in [-0.2, 0) is 32.7 Å². The first-order valence-electron chi connectivity index (χ1n) is 23.1. The standard InChI is InChI=1S/C51H54N2O10/c1-52-23-30-21-36-41-29-14-17-48(36,47(44(30)57)16-15-32-10-9-31-8-6-28-19-33(55)11-12-35(28)49(31,32)47)63-45-43(62-51(60,39(56)22-29)50(41,45)59)46(58)61-42-38(24-54)53-37-13-7-27-18-25-4-2-3-5-26(25)20-34(27)40(37)42/h2-5,7,11-14,17-20,29-32,36,39,41,43-45,52-57,59-60H,6,8-10,15-16,21-24H2,1H3/t29-,30-,31+,32-,36+,39-,41+,43-,44-,45+,47+,48-,49-,50-,51+/m1/s1. The van der Waals surface area contributed by atoms with E-state index < -0.39 is 82.6 Å². The number of carbonyl (C=O) groups excluding carboxylic acids is 1. The van der Waals surface area contributed by atoms with Gasteiger partial charge < -0.3 is 55.2 Å². The van der Waals surface area contributed by atoms with Crippen molar-refractivity contribution in [3.8, 4) is 11.5 Å². The average Bonchev–Trinajstić information content (AvgIpc) is 4.00. The van der Waals surface area contributed by atoms with Crippen molar-refractivity contribution in [2.75, 3.05) is 13.6 Å². The van der Waals surface area contributed by atoms with Crippen molar-refractivity contribution in [1.29, 1.82) is 0 Å². The van der Waals surface area contributed by atoms with E-state index in [0.29, 0.717) is 30.3 Å². The number of aromatic nitrogens is 1. The molecule has 2 bridgehead atoms. The number of nitrogens with one attached hydrogen (secondary N) is 2. The molecule has 15 atom stereocenters. The lowest BCUT2D eigenvalue weighted by atomic mass is 9.36. The maximum absolute atomic E-state index is 15.2. The molecule has 3 heterocycles. The lowest BCUT2D eigenvalue weighted by molar-refractivity contribution is -0.396. The van der Waals surface area contributed by atoms with Crippen LogP contribution in [0, 0.1) is 40.9 Å². The number of aromatic hydroxyl groups is 1. The van der Waals surface area contributed by atoms with Crippen LogP contribution >= 0.6 is 0 Å². The van der Waals surface area contributed by atoms with E-state index >= 15 is 4.79 Å². The van der Waals surface area contributed by atoms with E-state index in [1.165, 1.54) is 0 Å². The van der Waals surface area contributed by atoms with Gasteiger partial charge in [0.05, 0.1) is 34.9 Å². The SMILES string of the molecule is CNC[C@H]1C[C@H]2[C@@H]3[C@@H]4C=C[C@]2(O[C@H]2[C@H](C(=O)Oc5c(CO)[nH]c6ccc7cc8ccccc8cc7c56)O[C@@](O)([C@H](O)C4)[C@@]32O)[C@]2(CC[C@H]3CC[C@@H]4CCc5cc(O)ccc5[C@]342)[C@@H]1O. The van der Waals surface area contributed by atoms with Crippen LogP contribution in [0.3, 0.4) is 0 Å². The van der Waals surface area contributed by atoms with Crippen molar-refractivity contribution < 1.29 is 49.6 Å². The van der Waals surface area contributed by atoms with Gasteiger partial charge in [0, 0.05) is 23.3 Å². The van der Waals surface area contributed by atoms with Gasteiger partial charge in [-0.3, -0.25) is 0 Å². The molecule has 12 nitrogen and oxygen atoms in total. The largest absolute Gasteiger partial charge is 0.508 e. The predicted molar refractivity (Wildman–Crippen MR) is 232 cm³/mol. The van der Waals surface area contributed by atoms with Gasteiger partial charge in [-0.25, -0.2) is 4.79 Å². The summed E-state index contributed by atoms with van der Waals surface area (Å²) >= 11 is 0. The maximum Gasteiger partial charge on any atom is 0.343 e. The number of phenols is 1. The zero-order chi connectivity index (χ0) is 43.0. The Morgan fingerprint density at radius 3 is 2.52 bits per heavy atom. The molecule has 8 N–H and O–H groups in total. The van der Waals surface area contributed by atoms with Crippen LogP contribution in [-0.4, -0.2) is 96.6 Å². The number of aliphatic hydroxyl groups is 5. The molecule has 5 aromatic rings. The van der Waals surface area contributed by atoms with E-state index in [9.17, 15) is 30.6 Å². The average molecular weight is 855 g/mol. The van der Waals surface area contributed by atoms with Crippen LogP contribution in [0.2, 0.25) is 0 Å². The second-order valence-electron chi connectivity index (χ2n) is 20.4. The molecule has 6 fully saturated rings. The summed E-state index contributed by atoms with van der Waals surface area (Å²) in [5.41, 5.74) is -1.84. The summed E-state index contributed by atoms with van der Waals surface area (Å²) in [6, 6.07) is 21.7. The number of aliphatic hydroxyl groups excluding tert-OH is 3. The minimum Gasteiger partial charge on any atom is -0.508 e. The first-order chi connectivity index (χ1) is 30.4. The number of esters is 1. The van der Waals surface area contributed by atoms with Gasteiger partial charge in [-0.1, -0.05) is 48.6 Å². The molecule has 63 heavy (non-hydrogen) atoms. The second kappa shape index (κ2) is 12.9. The maximum atomic E-state index is 15.2. The molecule has 1 aromatic heterocycles. The Morgan fingerprint density at radius 1 is 0.937 bits per heavy atom. The van der Waals surface area contributed by atoms with E-state index in [4.69, 9.17) is 14.2 Å². The molecular formula is C51H54N2O10. The highest BCUT2D eigenvalue weighted by atomic mass is 16.7. The zero-order valence-electron chi connectivity index (χ0n) is 35.2. The summed E-state index contributed by atoms with van der Waals surface area (Å²) in [6.45, 7) is 0.0501. The van der Waals surface area contributed by atoms with E-state index in [1.54, 1.807) is 6.07 Å². The molecule has 13 rings (SSSR count). The molecule has 6 aliphatic carbocycles. The van der Waals surface area contributed by atoms with Crippen LogP contribution in [0.1, 0.15) is 61.8 Å². The summed E-state index contributed by atoms with van der Waals surface area (Å²) < 4.78 is 20.5. The molecule has 2 spiro atoms. The molecule has 4 saturated carbocycles. The molecule has 0 unspecified atom stereocenters. The minimum absolute atomic E-state index is 0.0862. The molecule has 4 aromatic carbocycles. The van der Waals surface area contributed by atoms with Crippen molar-refractivity contribution in [3.05, 3.63) is 95.7 Å². The Kier molecular flexibility index (Phi) is 8.00. The van der Waals surface area contributed by atoms with Gasteiger partial charge in [-0.2, -0.15) is 0 Å². The van der Waals surface area contributed by atoms with Gasteiger partial charge in [0.15, 0.2) is 17.5 Å². The fourth-order valence-corrected chi connectivity index (χ4v) is 16.5. The van der Waals surface area contributed by atoms with Crippen LogP contribution in [0.25, 0.3) is 32.4 Å². The number of H-pyrrole nitrogens is 1. The Morgan fingerprint density at radius 2 is 1.73 bits per heavy atom. The van der Waals surface area contributed by atoms with Crippen LogP contribution in [0.15, 0.2) is 78.9 Å². The number of hydrogen-bond donors (Lipinski definition) is 8. The molecule has 12 heteroatoms. The monoisotopic (exact) mass is 854 g/mol. The van der Waals surface area contributed by atoms with Crippen molar-refractivity contribution in [2.45, 2.75) is 105 Å². The number of carbonyl (C=O) groups is 1. The number of phenolic OH excluding ortho intramolecular Hbond substituents is 1. The Labute approximate surface area is 363 Å². The molecular weight excluding hydrogens is 801 g/mol. The quantitative estimate of drug-likeness (QED) is 0.0674. The Balaban J connectivity index is 0.998. The molecule has 328 valence electrons. The number of allylic oxidation sites excluding steroid dienone is 1. The molecule has 0 radical (unpaired) electrons. The van der Waals surface area contributed by atoms with Gasteiger partial charge in [0.25, 0.3) is 0 Å². The smallest absolute Gasteiger partial charge is 0.343 e. The number of benzene rings is 4. The summed E-state index contributed by atoms with van der Waals surface area (Å²) in [5, 5.41) is 80.7. The van der Waals surface area contributed by atoms with Gasteiger partial charge in [-0.05, 0) is 151 Å². The normalized spacial score (nSPS) is 42.7. The third-order valence-electron chi connectivity index (χ3n) is 18.4. The fourth-order valence-electron chi connectivity index (χ4n) is 16.5. The van der Waals surface area contributed by atoms with E-state index in [-0.39, 0.29) is 41.4 Å². The minimum atomic E-state index is -2.59. The highest BCUT2D eigenvalue weighted by molar-refractivity contribution is 6.14. The van der Waals surface area contributed by atoms with E-state index in [0.717, 1.165) is 64.8 Å². The highest BCUT2D eigenvalue weighted by Crippen LogP contribution is 2.80. The number of ether oxygens (including phenoxy) is 3. The van der Waals surface area contributed by atoms with Crippen molar-refractivity contribution >= 4 is 38.4 Å². The summed E-state index contributed by atoms with van der Waals surface area (Å²) in [6.07, 6.45) is 4.27. The van der Waals surface area contributed by atoms with Crippen LogP contribution in [0.5, 0.6) is 11.5 Å². The summed E-state index contributed by atoms with van der Waals surface area (Å²) in [5.74, 6) is -4.56. The molecule has 2 saturated heterocycles. The third kappa shape index (κ3) is 4.43. The molecule has 8 aliphatic rings. The first-order valence-corrected chi connectivity index (χ1v) is 23.1. The van der Waals surface area contributed by atoms with Gasteiger partial charge in [0.2, 0.25) is 5.79 Å². The van der Waals surface area contributed by atoms with Crippen molar-refractivity contribution in [2.24, 2.45) is 40.9 Å². The number of fused-ring (bicyclic) bond motifs is 5. The number of aromatic amines is 1. The van der Waals surface area contributed by atoms with Gasteiger partial charge >= 0.3 is 5.97 Å². The second-order valence-corrected chi connectivity index (χ2v) is 20.4. The number of hydrogen-bond acceptors (Lipinski definition) is 11. The van der Waals surface area contributed by atoms with E-state index in [1.807, 2.05) is 61.7 Å². The van der Waals surface area contributed by atoms with Crippen LogP contribution < -0.4 is 10.1 Å². The molecule has 2 aliphatic heterocycles. The van der Waals surface area contributed by atoms with Gasteiger partial charge in [-0.15, -0.1) is 0 Å². The zero-order valence-corrected chi connectivity index (χ0v) is 35.2. The Hall–Kier alpha value is -4.37. The lowest BCUT2D eigenvalue weighted by Crippen LogP contribution is -2.84. The van der Waals surface area contributed by atoms with E-state index in [2.05, 4.69) is 28.5 Å². The first kappa shape index (κ1) is 39.0. The summed E-state index contributed by atoms with van der Waals surface area (Å²) in [7, 11) is 1.89. The number of aryl methyl sites for hydroxylation is 1. The van der Waals surface area contributed by atoms with Crippen molar-refractivity contribution in [1.82, 2.24) is 10.3 Å². The third-order valence-corrected chi connectivity index (χ3v) is 18.4. The fraction of sp³-hybridized carbons (Fsp3) is 0.510. The molecule has 0 amide bonds. The Bertz CT molecular complexity index is 2810. The predicted octanol–water partition coefficient (Wildman–Crippen LogP) is 5.01. The summed E-state index contributed by atoms with van der Waals surface area (Å²) in [4.78, 5) is 18.4.